The molecular weight excluding hydrogens is 382 g/mol. The van der Waals surface area contributed by atoms with Gasteiger partial charge in [0.15, 0.2) is 6.29 Å². The number of unbranched alkanes of at least 4 members (excludes halogenated alkanes) is 1. The number of nitrogens with zero attached hydrogens (tertiary/aromatic N) is 1. The monoisotopic (exact) mass is 411 g/mol. The molecule has 30 heavy (non-hydrogen) atoms. The smallest absolute Gasteiger partial charge is 0.409 e. The predicted molar refractivity (Wildman–Crippen MR) is 114 cm³/mol. The molecule has 1 heterocycles. The summed E-state index contributed by atoms with van der Waals surface area (Å²) in [4.78, 5) is 25.4. The van der Waals surface area contributed by atoms with Crippen molar-refractivity contribution in [3.05, 3.63) is 59.7 Å². The topological polar surface area (TPSA) is 65.1 Å². The van der Waals surface area contributed by atoms with Crippen LogP contribution in [-0.2, 0) is 11.3 Å². The predicted octanol–water partition coefficient (Wildman–Crippen LogP) is 4.86. The highest BCUT2D eigenvalue weighted by Crippen LogP contribution is 2.26. The summed E-state index contributed by atoms with van der Waals surface area (Å²) in [5.41, 5.74) is 1.47. The van der Waals surface area contributed by atoms with Crippen LogP contribution in [0.4, 0.5) is 4.79 Å². The van der Waals surface area contributed by atoms with Gasteiger partial charge in [-0.2, -0.15) is 0 Å². The highest BCUT2D eigenvalue weighted by molar-refractivity contribution is 5.80. The number of amides is 1. The van der Waals surface area contributed by atoms with Crippen molar-refractivity contribution in [1.82, 2.24) is 4.90 Å². The first-order chi connectivity index (χ1) is 14.7. The molecule has 1 fully saturated rings. The van der Waals surface area contributed by atoms with Gasteiger partial charge in [0.25, 0.3) is 0 Å². The number of carbonyl (C=O) groups excluding carboxylic acids is 2. The summed E-state index contributed by atoms with van der Waals surface area (Å²) in [6.45, 7) is 4.05. The number of piperidine rings is 1. The molecule has 1 amide bonds. The molecule has 2 aromatic carbocycles. The molecular formula is C24H29NO5. The quantitative estimate of drug-likeness (QED) is 0.436. The second kappa shape index (κ2) is 11.2. The molecule has 0 aromatic heterocycles. The summed E-state index contributed by atoms with van der Waals surface area (Å²) in [5.74, 6) is 1.11. The maximum atomic E-state index is 12.2. The molecule has 6 nitrogen and oxygen atoms in total. The fourth-order valence-electron chi connectivity index (χ4n) is 3.35. The van der Waals surface area contributed by atoms with E-state index in [2.05, 4.69) is 6.92 Å². The molecule has 3 rings (SSSR count). The van der Waals surface area contributed by atoms with Crippen molar-refractivity contribution in [3.63, 3.8) is 0 Å². The third-order valence-electron chi connectivity index (χ3n) is 5.01. The van der Waals surface area contributed by atoms with Gasteiger partial charge in [0.05, 0.1) is 18.7 Å². The Balaban J connectivity index is 1.56. The van der Waals surface area contributed by atoms with E-state index >= 15 is 0 Å². The Bertz CT molecular complexity index is 824. The largest absolute Gasteiger partial charge is 0.489 e. The molecule has 0 unspecified atom stereocenters. The average molecular weight is 411 g/mol. The molecule has 6 heteroatoms. The number of benzene rings is 2. The number of rotatable bonds is 9. The zero-order valence-corrected chi connectivity index (χ0v) is 17.4. The standard InChI is InChI=1S/C24H29NO5/c1-2-3-14-28-24(27)25-13-7-10-22(16-25)30-21-11-12-23(20(15-21)17-26)29-18-19-8-5-4-6-9-19/h4-6,8-9,11-12,15,17,22H,2-3,7,10,13-14,16,18H2,1H3/t22-/m1/s1. The molecule has 1 aliphatic heterocycles. The zero-order valence-electron chi connectivity index (χ0n) is 17.4. The Morgan fingerprint density at radius 1 is 1.20 bits per heavy atom. The fourth-order valence-corrected chi connectivity index (χ4v) is 3.35. The maximum absolute atomic E-state index is 12.2. The molecule has 0 spiro atoms. The zero-order chi connectivity index (χ0) is 21.2. The van der Waals surface area contributed by atoms with Crippen LogP contribution in [-0.4, -0.2) is 43.1 Å². The minimum atomic E-state index is -0.282. The van der Waals surface area contributed by atoms with E-state index < -0.39 is 0 Å². The van der Waals surface area contributed by atoms with Crippen LogP contribution >= 0.6 is 0 Å². The SMILES string of the molecule is CCCCOC(=O)N1CCC[C@@H](Oc2ccc(OCc3ccccc3)c(C=O)c2)C1. The summed E-state index contributed by atoms with van der Waals surface area (Å²) < 4.78 is 17.2. The van der Waals surface area contributed by atoms with Crippen molar-refractivity contribution < 1.29 is 23.8 Å². The van der Waals surface area contributed by atoms with Gasteiger partial charge in [-0.15, -0.1) is 0 Å². The number of ether oxygens (including phenoxy) is 3. The second-order valence-electron chi connectivity index (χ2n) is 7.39. The van der Waals surface area contributed by atoms with Gasteiger partial charge in [0, 0.05) is 6.54 Å². The summed E-state index contributed by atoms with van der Waals surface area (Å²) in [6, 6.07) is 15.0. The van der Waals surface area contributed by atoms with E-state index in [1.807, 2.05) is 30.3 Å². The van der Waals surface area contributed by atoms with E-state index in [1.165, 1.54) is 0 Å². The molecule has 0 bridgehead atoms. The average Bonchev–Trinajstić information content (AvgIpc) is 2.79. The molecule has 0 saturated carbocycles. The van der Waals surface area contributed by atoms with Crippen LogP contribution in [0.25, 0.3) is 0 Å². The highest BCUT2D eigenvalue weighted by atomic mass is 16.6. The number of aldehydes is 1. The minimum absolute atomic E-state index is 0.131. The van der Waals surface area contributed by atoms with Crippen LogP contribution in [0, 0.1) is 0 Å². The molecule has 0 radical (unpaired) electrons. The van der Waals surface area contributed by atoms with Crippen LogP contribution in [0.5, 0.6) is 11.5 Å². The molecule has 0 N–H and O–H groups in total. The Kier molecular flexibility index (Phi) is 8.12. The van der Waals surface area contributed by atoms with Crippen LogP contribution in [0.3, 0.4) is 0 Å². The number of hydrogen-bond acceptors (Lipinski definition) is 5. The van der Waals surface area contributed by atoms with E-state index in [0.717, 1.165) is 37.5 Å². The lowest BCUT2D eigenvalue weighted by atomic mass is 10.1. The summed E-state index contributed by atoms with van der Waals surface area (Å²) in [7, 11) is 0. The van der Waals surface area contributed by atoms with Crippen molar-refractivity contribution in [2.45, 2.75) is 45.3 Å². The minimum Gasteiger partial charge on any atom is -0.489 e. The van der Waals surface area contributed by atoms with Crippen LogP contribution in [0.2, 0.25) is 0 Å². The third kappa shape index (κ3) is 6.24. The molecule has 1 atom stereocenters. The number of likely N-dealkylation sites (tertiary alicyclic amines) is 1. The van der Waals surface area contributed by atoms with E-state index in [1.54, 1.807) is 23.1 Å². The molecule has 1 aliphatic rings. The first-order valence-electron chi connectivity index (χ1n) is 10.5. The Morgan fingerprint density at radius 2 is 2.03 bits per heavy atom. The van der Waals surface area contributed by atoms with Crippen LogP contribution in [0.15, 0.2) is 48.5 Å². The van der Waals surface area contributed by atoms with E-state index in [4.69, 9.17) is 14.2 Å². The van der Waals surface area contributed by atoms with Gasteiger partial charge in [-0.25, -0.2) is 4.79 Å². The number of carbonyl (C=O) groups is 2. The van der Waals surface area contributed by atoms with E-state index in [9.17, 15) is 9.59 Å². The van der Waals surface area contributed by atoms with E-state index in [-0.39, 0.29) is 12.2 Å². The lowest BCUT2D eigenvalue weighted by Crippen LogP contribution is -2.44. The van der Waals surface area contributed by atoms with Crippen molar-refractivity contribution in [2.24, 2.45) is 0 Å². The summed E-state index contributed by atoms with van der Waals surface area (Å²) >= 11 is 0. The maximum Gasteiger partial charge on any atom is 0.409 e. The second-order valence-corrected chi connectivity index (χ2v) is 7.39. The van der Waals surface area contributed by atoms with Gasteiger partial charge in [-0.1, -0.05) is 43.7 Å². The summed E-state index contributed by atoms with van der Waals surface area (Å²) in [6.07, 6.45) is 3.91. The normalized spacial score (nSPS) is 16.0. The molecule has 160 valence electrons. The van der Waals surface area contributed by atoms with Gasteiger partial charge < -0.3 is 19.1 Å². The van der Waals surface area contributed by atoms with Crippen LogP contribution < -0.4 is 9.47 Å². The first kappa shape index (κ1) is 21.7. The highest BCUT2D eigenvalue weighted by Gasteiger charge is 2.26. The molecule has 2 aromatic rings. The van der Waals surface area contributed by atoms with Crippen LogP contribution in [0.1, 0.15) is 48.5 Å². The van der Waals surface area contributed by atoms with Gasteiger partial charge >= 0.3 is 6.09 Å². The Hall–Kier alpha value is -3.02. The fraction of sp³-hybridized carbons (Fsp3) is 0.417. The summed E-state index contributed by atoms with van der Waals surface area (Å²) in [5, 5.41) is 0. The van der Waals surface area contributed by atoms with Crippen molar-refractivity contribution in [3.8, 4) is 11.5 Å². The first-order valence-corrected chi connectivity index (χ1v) is 10.5. The molecule has 0 aliphatic carbocycles. The van der Waals surface area contributed by atoms with Gasteiger partial charge in [-0.05, 0) is 43.0 Å². The Labute approximate surface area is 177 Å². The van der Waals surface area contributed by atoms with Gasteiger partial charge in [-0.3, -0.25) is 4.79 Å². The third-order valence-corrected chi connectivity index (χ3v) is 5.01. The van der Waals surface area contributed by atoms with Crippen molar-refractivity contribution in [2.75, 3.05) is 19.7 Å². The van der Waals surface area contributed by atoms with Gasteiger partial charge in [0.2, 0.25) is 0 Å². The lowest BCUT2D eigenvalue weighted by molar-refractivity contribution is 0.0581. The van der Waals surface area contributed by atoms with E-state index in [0.29, 0.717) is 43.4 Å². The number of hydrogen-bond donors (Lipinski definition) is 0. The van der Waals surface area contributed by atoms with Crippen molar-refractivity contribution in [1.29, 1.82) is 0 Å². The van der Waals surface area contributed by atoms with Gasteiger partial charge in [0.1, 0.15) is 24.2 Å². The Morgan fingerprint density at radius 3 is 2.80 bits per heavy atom. The molecule has 1 saturated heterocycles. The van der Waals surface area contributed by atoms with Crippen molar-refractivity contribution >= 4 is 12.4 Å². The lowest BCUT2D eigenvalue weighted by Gasteiger charge is -2.32.